The number of piperidine rings is 1. The summed E-state index contributed by atoms with van der Waals surface area (Å²) in [6.07, 6.45) is 5.36. The molecule has 7 rings (SSSR count). The normalized spacial score (nSPS) is 16.6. The molecule has 202 valence electrons. The maximum absolute atomic E-state index is 13.5. The summed E-state index contributed by atoms with van der Waals surface area (Å²) in [6, 6.07) is 16.1. The molecule has 4 heterocycles. The number of aliphatic hydroxyl groups is 1. The zero-order valence-corrected chi connectivity index (χ0v) is 22.1. The monoisotopic (exact) mass is 536 g/mol. The molecule has 0 radical (unpaired) electrons. The minimum Gasteiger partial charge on any atom is -0.423 e. The molecule has 0 amide bonds. The van der Waals surface area contributed by atoms with E-state index in [0.717, 1.165) is 34.4 Å². The van der Waals surface area contributed by atoms with Crippen LogP contribution in [-0.4, -0.2) is 53.9 Å². The molecule has 3 aromatic heterocycles. The maximum atomic E-state index is 13.5. The number of hydrogen-bond acceptors (Lipinski definition) is 8. The molecule has 2 aromatic carbocycles. The van der Waals surface area contributed by atoms with E-state index in [-0.39, 0.29) is 23.4 Å². The molecule has 40 heavy (non-hydrogen) atoms. The number of benzene rings is 2. The molecule has 10 nitrogen and oxygen atoms in total. The van der Waals surface area contributed by atoms with Crippen LogP contribution in [0.25, 0.3) is 33.6 Å². The number of anilines is 1. The Labute approximate surface area is 229 Å². The van der Waals surface area contributed by atoms with Crippen LogP contribution in [0.5, 0.6) is 0 Å². The first-order valence-electron chi connectivity index (χ1n) is 13.5. The van der Waals surface area contributed by atoms with Crippen LogP contribution in [0.1, 0.15) is 35.2 Å². The van der Waals surface area contributed by atoms with Crippen molar-refractivity contribution in [2.24, 2.45) is 7.05 Å². The number of carbonyl (C=O) groups excluding carboxylic acids is 1. The molecule has 1 aliphatic carbocycles. The van der Waals surface area contributed by atoms with Crippen molar-refractivity contribution in [2.45, 2.75) is 37.8 Å². The van der Waals surface area contributed by atoms with Crippen LogP contribution in [0.4, 0.5) is 6.01 Å². The van der Waals surface area contributed by atoms with Crippen molar-refractivity contribution < 1.29 is 14.3 Å². The third-order valence-corrected chi connectivity index (χ3v) is 8.09. The van der Waals surface area contributed by atoms with Gasteiger partial charge in [0.05, 0.1) is 30.4 Å². The molecule has 2 aliphatic rings. The Morgan fingerprint density at radius 1 is 0.975 bits per heavy atom. The Bertz CT molecular complexity index is 1810. The van der Waals surface area contributed by atoms with Crippen molar-refractivity contribution in [1.29, 1.82) is 0 Å². The molecule has 0 unspecified atom stereocenters. The van der Waals surface area contributed by atoms with Crippen molar-refractivity contribution in [3.05, 3.63) is 82.5 Å². The average molecular weight is 537 g/mol. The third-order valence-electron chi connectivity index (χ3n) is 8.09. The first-order chi connectivity index (χ1) is 19.4. The summed E-state index contributed by atoms with van der Waals surface area (Å²) < 4.78 is 9.10. The van der Waals surface area contributed by atoms with Crippen LogP contribution in [0.2, 0.25) is 0 Å². The zero-order valence-electron chi connectivity index (χ0n) is 22.1. The number of aromatic nitrogens is 5. The Balaban J connectivity index is 1.10. The first kappa shape index (κ1) is 24.5. The Morgan fingerprint density at radius 2 is 1.77 bits per heavy atom. The zero-order chi connectivity index (χ0) is 27.4. The van der Waals surface area contributed by atoms with E-state index in [1.165, 1.54) is 10.9 Å². The van der Waals surface area contributed by atoms with E-state index >= 15 is 0 Å². The molecular formula is C30H28N6O4. The highest BCUT2D eigenvalue weighted by atomic mass is 16.4. The summed E-state index contributed by atoms with van der Waals surface area (Å²) in [5.74, 6) is 0.865. The molecule has 1 saturated heterocycles. The maximum Gasteiger partial charge on any atom is 0.297 e. The molecule has 1 N–H and O–H groups in total. The fourth-order valence-electron chi connectivity index (χ4n) is 5.87. The van der Waals surface area contributed by atoms with E-state index in [1.807, 2.05) is 53.4 Å². The van der Waals surface area contributed by atoms with Crippen molar-refractivity contribution >= 4 is 22.8 Å². The van der Waals surface area contributed by atoms with Gasteiger partial charge in [0.15, 0.2) is 17.1 Å². The molecule has 10 heteroatoms. The predicted octanol–water partition coefficient (Wildman–Crippen LogP) is 3.61. The summed E-state index contributed by atoms with van der Waals surface area (Å²) in [5, 5.41) is 15.9. The van der Waals surface area contributed by atoms with E-state index in [9.17, 15) is 14.7 Å². The number of ketones is 1. The van der Waals surface area contributed by atoms with Crippen molar-refractivity contribution in [1.82, 2.24) is 24.3 Å². The van der Waals surface area contributed by atoms with Gasteiger partial charge in [0, 0.05) is 43.2 Å². The highest BCUT2D eigenvalue weighted by Gasteiger charge is 2.35. The van der Waals surface area contributed by atoms with E-state index in [4.69, 9.17) is 4.42 Å². The fraction of sp³-hybridized carbons (Fsp3) is 0.300. The lowest BCUT2D eigenvalue weighted by atomic mass is 9.91. The lowest BCUT2D eigenvalue weighted by Gasteiger charge is -2.37. The molecule has 0 saturated carbocycles. The van der Waals surface area contributed by atoms with E-state index < -0.39 is 5.60 Å². The minimum absolute atomic E-state index is 0.121. The van der Waals surface area contributed by atoms with Gasteiger partial charge in [-0.25, -0.2) is 9.97 Å². The second-order valence-electron chi connectivity index (χ2n) is 10.7. The number of oxazole rings is 1. The minimum atomic E-state index is -1.07. The largest absolute Gasteiger partial charge is 0.423 e. The third kappa shape index (κ3) is 4.12. The molecule has 1 fully saturated rings. The van der Waals surface area contributed by atoms with E-state index in [2.05, 4.69) is 15.1 Å². The van der Waals surface area contributed by atoms with Gasteiger partial charge < -0.3 is 14.4 Å². The molecule has 0 spiro atoms. The SMILES string of the molecule is Cn1nc2c(=O)n(CC3(O)CCN(c4ncc(-c5ccccc5)o4)CC3)cnc2c1-c1ccc2c(c1)CCC2=O. The highest BCUT2D eigenvalue weighted by Crippen LogP contribution is 2.32. The number of aryl methyl sites for hydroxylation is 2. The predicted molar refractivity (Wildman–Crippen MR) is 149 cm³/mol. The Kier molecular flexibility index (Phi) is 5.67. The standard InChI is InChI=1S/C30H28N6O4/c1-34-27(21-7-9-22-20(15-21)8-10-23(22)37)25-26(33-34)28(38)36(18-32-25)17-30(39)11-13-35(14-12-30)29-31-16-24(40-29)19-5-3-2-4-6-19/h2-7,9,15-16,18,39H,8,10-14,17H2,1H3. The van der Waals surface area contributed by atoms with Crippen LogP contribution in [0, 0.1) is 0 Å². The lowest BCUT2D eigenvalue weighted by Crippen LogP contribution is -2.48. The van der Waals surface area contributed by atoms with Gasteiger partial charge in [0.2, 0.25) is 0 Å². The van der Waals surface area contributed by atoms with Crippen molar-refractivity contribution in [3.8, 4) is 22.6 Å². The second kappa shape index (κ2) is 9.27. The summed E-state index contributed by atoms with van der Waals surface area (Å²) >= 11 is 0. The van der Waals surface area contributed by atoms with Gasteiger partial charge in [-0.05, 0) is 30.9 Å². The first-order valence-corrected chi connectivity index (χ1v) is 13.5. The van der Waals surface area contributed by atoms with E-state index in [0.29, 0.717) is 49.6 Å². The van der Waals surface area contributed by atoms with Crippen LogP contribution in [-0.2, 0) is 20.0 Å². The number of rotatable bonds is 5. The van der Waals surface area contributed by atoms with E-state index in [1.54, 1.807) is 17.9 Å². The molecule has 5 aromatic rings. The Morgan fingerprint density at radius 3 is 2.58 bits per heavy atom. The highest BCUT2D eigenvalue weighted by molar-refractivity contribution is 6.01. The van der Waals surface area contributed by atoms with Crippen LogP contribution < -0.4 is 10.5 Å². The van der Waals surface area contributed by atoms with Crippen molar-refractivity contribution in [3.63, 3.8) is 0 Å². The number of Topliss-reactive ketones (excluding diaryl/α,β-unsaturated/α-hetero) is 1. The Hall–Kier alpha value is -4.57. The number of carbonyl (C=O) groups is 1. The van der Waals surface area contributed by atoms with Crippen LogP contribution >= 0.6 is 0 Å². The van der Waals surface area contributed by atoms with Crippen LogP contribution in [0.3, 0.4) is 0 Å². The summed E-state index contributed by atoms with van der Waals surface area (Å²) in [6.45, 7) is 1.21. The summed E-state index contributed by atoms with van der Waals surface area (Å²) in [7, 11) is 1.79. The van der Waals surface area contributed by atoms with Crippen LogP contribution in [0.15, 0.2) is 70.3 Å². The van der Waals surface area contributed by atoms with Gasteiger partial charge in [-0.15, -0.1) is 0 Å². The smallest absolute Gasteiger partial charge is 0.297 e. The van der Waals surface area contributed by atoms with Gasteiger partial charge in [-0.1, -0.05) is 42.5 Å². The number of hydrogen-bond donors (Lipinski definition) is 1. The summed E-state index contributed by atoms with van der Waals surface area (Å²) in [4.78, 5) is 36.6. The topological polar surface area (TPSA) is 119 Å². The van der Waals surface area contributed by atoms with Gasteiger partial charge >= 0.3 is 0 Å². The number of nitrogens with zero attached hydrogens (tertiary/aromatic N) is 6. The molecule has 1 aliphatic heterocycles. The second-order valence-corrected chi connectivity index (χ2v) is 10.7. The fourth-order valence-corrected chi connectivity index (χ4v) is 5.87. The lowest BCUT2D eigenvalue weighted by molar-refractivity contribution is -0.00165. The molecular weight excluding hydrogens is 508 g/mol. The summed E-state index contributed by atoms with van der Waals surface area (Å²) in [5.41, 5.74) is 3.74. The average Bonchev–Trinajstić information content (AvgIpc) is 3.68. The number of fused-ring (bicyclic) bond motifs is 2. The molecule has 0 atom stereocenters. The van der Waals surface area contributed by atoms with Gasteiger partial charge in [0.1, 0.15) is 5.52 Å². The quantitative estimate of drug-likeness (QED) is 0.362. The van der Waals surface area contributed by atoms with Gasteiger partial charge in [-0.2, -0.15) is 5.10 Å². The van der Waals surface area contributed by atoms with Gasteiger partial charge in [0.25, 0.3) is 11.6 Å². The molecule has 0 bridgehead atoms. The van der Waals surface area contributed by atoms with Gasteiger partial charge in [-0.3, -0.25) is 18.8 Å². The van der Waals surface area contributed by atoms with Crippen molar-refractivity contribution in [2.75, 3.05) is 18.0 Å².